The standard InChI is InChI=1S/C28H29F5N4O5/c29-26(30)11-9-17(10-12-26)27(41,25(34)40)14-23(38)21(13-16-5-7-18(8-6-16)42-28(31,32)33)37-24(39)22-15-35-19-3-1-2-4-20(19)36-22/h1-8,15,17,21,23,38,41H,9-14H2,(H2,34,40)(H,37,39). The molecule has 0 radical (unpaired) electrons. The van der Waals surface area contributed by atoms with Crippen LogP contribution in [0.25, 0.3) is 11.0 Å². The summed E-state index contributed by atoms with van der Waals surface area (Å²) in [4.78, 5) is 34.0. The Morgan fingerprint density at radius 3 is 2.29 bits per heavy atom. The number of aliphatic hydroxyl groups excluding tert-OH is 1. The van der Waals surface area contributed by atoms with E-state index in [9.17, 15) is 41.8 Å². The summed E-state index contributed by atoms with van der Waals surface area (Å²) in [5.74, 6) is -6.39. The Balaban J connectivity index is 1.58. The van der Waals surface area contributed by atoms with E-state index in [-0.39, 0.29) is 25.0 Å². The first-order valence-corrected chi connectivity index (χ1v) is 13.1. The summed E-state index contributed by atoms with van der Waals surface area (Å²) in [6.07, 6.45) is -7.78. The number of hydrogen-bond acceptors (Lipinski definition) is 7. The predicted molar refractivity (Wildman–Crippen MR) is 139 cm³/mol. The van der Waals surface area contributed by atoms with Gasteiger partial charge in [0.2, 0.25) is 11.8 Å². The second-order valence-corrected chi connectivity index (χ2v) is 10.4. The van der Waals surface area contributed by atoms with Crippen molar-refractivity contribution in [3.05, 3.63) is 66.0 Å². The van der Waals surface area contributed by atoms with Gasteiger partial charge in [-0.2, -0.15) is 0 Å². The number of nitrogens with one attached hydrogen (secondary N) is 1. The molecule has 3 aromatic rings. The Hall–Kier alpha value is -3.91. The molecule has 0 spiro atoms. The number of primary amides is 1. The molecule has 3 unspecified atom stereocenters. The minimum absolute atomic E-state index is 0.112. The Kier molecular flexibility index (Phi) is 8.97. The van der Waals surface area contributed by atoms with Crippen LogP contribution in [-0.2, 0) is 11.2 Å². The Morgan fingerprint density at radius 1 is 1.07 bits per heavy atom. The van der Waals surface area contributed by atoms with Crippen molar-refractivity contribution in [2.75, 3.05) is 0 Å². The maximum atomic E-state index is 13.7. The van der Waals surface area contributed by atoms with Crippen molar-refractivity contribution in [2.45, 2.75) is 68.6 Å². The first-order valence-electron chi connectivity index (χ1n) is 13.1. The number of ether oxygens (including phenoxy) is 1. The monoisotopic (exact) mass is 596 g/mol. The van der Waals surface area contributed by atoms with Crippen molar-refractivity contribution in [3.8, 4) is 5.75 Å². The number of alkyl halides is 5. The number of amides is 2. The molecule has 2 amide bonds. The van der Waals surface area contributed by atoms with Crippen LogP contribution < -0.4 is 15.8 Å². The van der Waals surface area contributed by atoms with Gasteiger partial charge in [-0.1, -0.05) is 24.3 Å². The quantitative estimate of drug-likeness (QED) is 0.261. The van der Waals surface area contributed by atoms with Gasteiger partial charge in [0.1, 0.15) is 17.0 Å². The van der Waals surface area contributed by atoms with Crippen LogP contribution in [0.3, 0.4) is 0 Å². The number of carbonyl (C=O) groups excluding carboxylic acids is 2. The smallest absolute Gasteiger partial charge is 0.406 e. The van der Waals surface area contributed by atoms with Gasteiger partial charge >= 0.3 is 6.36 Å². The van der Waals surface area contributed by atoms with Crippen LogP contribution in [0.2, 0.25) is 0 Å². The van der Waals surface area contributed by atoms with Crippen LogP contribution >= 0.6 is 0 Å². The van der Waals surface area contributed by atoms with E-state index >= 15 is 0 Å². The van der Waals surface area contributed by atoms with Gasteiger partial charge in [-0.3, -0.25) is 14.6 Å². The lowest BCUT2D eigenvalue weighted by Gasteiger charge is -2.40. The molecule has 1 aromatic heterocycles. The van der Waals surface area contributed by atoms with Crippen molar-refractivity contribution in [1.82, 2.24) is 15.3 Å². The van der Waals surface area contributed by atoms with Gasteiger partial charge in [-0.15, -0.1) is 13.2 Å². The molecular weight excluding hydrogens is 567 g/mol. The van der Waals surface area contributed by atoms with Crippen LogP contribution in [0, 0.1) is 5.92 Å². The highest BCUT2D eigenvalue weighted by molar-refractivity contribution is 5.94. The van der Waals surface area contributed by atoms with Gasteiger partial charge in [-0.05, 0) is 55.0 Å². The van der Waals surface area contributed by atoms with Crippen molar-refractivity contribution >= 4 is 22.8 Å². The van der Waals surface area contributed by atoms with Crippen molar-refractivity contribution in [3.63, 3.8) is 0 Å². The van der Waals surface area contributed by atoms with E-state index in [0.717, 1.165) is 12.1 Å². The molecule has 2 aromatic carbocycles. The van der Waals surface area contributed by atoms with Gasteiger partial charge in [-0.25, -0.2) is 13.8 Å². The van der Waals surface area contributed by atoms with Gasteiger partial charge in [0.05, 0.1) is 29.4 Å². The third-order valence-electron chi connectivity index (χ3n) is 7.41. The number of nitrogens with two attached hydrogens (primary N) is 1. The molecule has 4 rings (SSSR count). The number of rotatable bonds is 10. The van der Waals surface area contributed by atoms with Gasteiger partial charge in [0.25, 0.3) is 5.91 Å². The molecule has 226 valence electrons. The van der Waals surface area contributed by atoms with Crippen LogP contribution in [-0.4, -0.2) is 62.0 Å². The predicted octanol–water partition coefficient (Wildman–Crippen LogP) is 3.66. The second kappa shape index (κ2) is 12.1. The van der Waals surface area contributed by atoms with E-state index in [1.807, 2.05) is 0 Å². The van der Waals surface area contributed by atoms with Crippen molar-refractivity contribution in [2.24, 2.45) is 11.7 Å². The molecule has 0 saturated heterocycles. The van der Waals surface area contributed by atoms with Gasteiger partial charge in [0.15, 0.2) is 0 Å². The first kappa shape index (κ1) is 31.0. The van der Waals surface area contributed by atoms with Gasteiger partial charge in [0, 0.05) is 19.3 Å². The molecule has 5 N–H and O–H groups in total. The zero-order valence-electron chi connectivity index (χ0n) is 22.2. The Morgan fingerprint density at radius 2 is 1.69 bits per heavy atom. The zero-order valence-corrected chi connectivity index (χ0v) is 22.2. The largest absolute Gasteiger partial charge is 0.573 e. The van der Waals surface area contributed by atoms with Crippen molar-refractivity contribution in [1.29, 1.82) is 0 Å². The minimum Gasteiger partial charge on any atom is -0.406 e. The average Bonchev–Trinajstić information content (AvgIpc) is 2.92. The number of aromatic nitrogens is 2. The fourth-order valence-corrected chi connectivity index (χ4v) is 5.12. The maximum Gasteiger partial charge on any atom is 0.573 e. The highest BCUT2D eigenvalue weighted by Gasteiger charge is 2.49. The Bertz CT molecular complexity index is 1410. The molecule has 14 heteroatoms. The van der Waals surface area contributed by atoms with Crippen LogP contribution in [0.5, 0.6) is 5.75 Å². The van der Waals surface area contributed by atoms with E-state index < -0.39 is 72.8 Å². The number of para-hydroxylation sites is 2. The molecule has 1 heterocycles. The van der Waals surface area contributed by atoms with E-state index in [1.54, 1.807) is 24.3 Å². The van der Waals surface area contributed by atoms with E-state index in [4.69, 9.17) is 5.73 Å². The Labute approximate surface area is 236 Å². The SMILES string of the molecule is NC(=O)C(O)(CC(O)C(Cc1ccc(OC(F)(F)F)cc1)NC(=O)c1cnc2ccccc2n1)C1CCC(F)(F)CC1. The molecule has 1 aliphatic carbocycles. The lowest BCUT2D eigenvalue weighted by molar-refractivity contribution is -0.274. The maximum absolute atomic E-state index is 13.7. The third-order valence-corrected chi connectivity index (χ3v) is 7.41. The average molecular weight is 597 g/mol. The zero-order chi connectivity index (χ0) is 30.7. The molecule has 42 heavy (non-hydrogen) atoms. The first-order chi connectivity index (χ1) is 19.6. The summed E-state index contributed by atoms with van der Waals surface area (Å²) in [5.41, 5.74) is 4.30. The molecule has 3 atom stereocenters. The van der Waals surface area contributed by atoms with Gasteiger partial charge < -0.3 is 26.0 Å². The minimum atomic E-state index is -4.91. The van der Waals surface area contributed by atoms with E-state index in [0.29, 0.717) is 16.6 Å². The molecule has 9 nitrogen and oxygen atoms in total. The normalized spacial score (nSPS) is 18.5. The van der Waals surface area contributed by atoms with Crippen LogP contribution in [0.1, 0.15) is 48.2 Å². The summed E-state index contributed by atoms with van der Waals surface area (Å²) in [6.45, 7) is 0. The molecule has 0 bridgehead atoms. The lowest BCUT2D eigenvalue weighted by atomic mass is 9.72. The fraction of sp³-hybridized carbons (Fsp3) is 0.429. The number of carbonyl (C=O) groups is 2. The second-order valence-electron chi connectivity index (χ2n) is 10.4. The lowest BCUT2D eigenvalue weighted by Crippen LogP contribution is -2.56. The topological polar surface area (TPSA) is 148 Å². The number of aliphatic hydroxyl groups is 2. The molecule has 1 aliphatic rings. The molecule has 1 fully saturated rings. The number of nitrogens with zero attached hydrogens (tertiary/aromatic N) is 2. The summed E-state index contributed by atoms with van der Waals surface area (Å²) in [5, 5.41) is 25.1. The summed E-state index contributed by atoms with van der Waals surface area (Å²) in [6, 6.07) is 10.2. The fourth-order valence-electron chi connectivity index (χ4n) is 5.12. The van der Waals surface area contributed by atoms with Crippen molar-refractivity contribution < 1.29 is 46.5 Å². The summed E-state index contributed by atoms with van der Waals surface area (Å²) in [7, 11) is 0. The highest BCUT2D eigenvalue weighted by Crippen LogP contribution is 2.42. The number of benzene rings is 2. The number of hydrogen-bond donors (Lipinski definition) is 4. The molecule has 0 aliphatic heterocycles. The number of halogens is 5. The van der Waals surface area contributed by atoms with E-state index in [1.165, 1.54) is 18.3 Å². The summed E-state index contributed by atoms with van der Waals surface area (Å²) >= 11 is 0. The molecular formula is C28H29F5N4O5. The van der Waals surface area contributed by atoms with E-state index in [2.05, 4.69) is 20.0 Å². The molecule has 1 saturated carbocycles. The number of fused-ring (bicyclic) bond motifs is 1. The van der Waals surface area contributed by atoms with Crippen LogP contribution in [0.4, 0.5) is 22.0 Å². The van der Waals surface area contributed by atoms with Crippen LogP contribution in [0.15, 0.2) is 54.7 Å². The summed E-state index contributed by atoms with van der Waals surface area (Å²) < 4.78 is 69.0. The highest BCUT2D eigenvalue weighted by atomic mass is 19.4. The third kappa shape index (κ3) is 7.68.